The molecule has 0 bridgehead atoms. The molecule has 1 aliphatic carbocycles. The first-order chi connectivity index (χ1) is 14.9. The summed E-state index contributed by atoms with van der Waals surface area (Å²) in [7, 11) is 1.71. The SMILES string of the molecule is CN=C(NCc1ccnc(OCC(F)(F)F)c1)NCC1(N2CCOCC2)CCCCC1. The highest BCUT2D eigenvalue weighted by atomic mass is 19.4. The van der Waals surface area contributed by atoms with Crippen LogP contribution in [0.4, 0.5) is 13.2 Å². The average molecular weight is 444 g/mol. The van der Waals surface area contributed by atoms with Crippen LogP contribution >= 0.6 is 0 Å². The molecule has 1 aromatic rings. The van der Waals surface area contributed by atoms with Crippen LogP contribution in [0.15, 0.2) is 23.3 Å². The van der Waals surface area contributed by atoms with E-state index in [9.17, 15) is 13.2 Å². The van der Waals surface area contributed by atoms with Gasteiger partial charge in [-0.2, -0.15) is 13.2 Å². The zero-order valence-corrected chi connectivity index (χ0v) is 18.0. The number of pyridine rings is 1. The van der Waals surface area contributed by atoms with Crippen LogP contribution in [-0.2, 0) is 11.3 Å². The minimum absolute atomic E-state index is 0.0481. The third-order valence-electron chi connectivity index (χ3n) is 5.92. The Morgan fingerprint density at radius 1 is 1.23 bits per heavy atom. The fourth-order valence-electron chi connectivity index (χ4n) is 4.30. The van der Waals surface area contributed by atoms with Gasteiger partial charge in [-0.25, -0.2) is 4.98 Å². The van der Waals surface area contributed by atoms with Gasteiger partial charge >= 0.3 is 6.18 Å². The minimum atomic E-state index is -4.39. The Bertz CT molecular complexity index is 717. The number of nitrogens with zero attached hydrogens (tertiary/aromatic N) is 3. The maximum atomic E-state index is 12.3. The number of halogens is 3. The molecule has 2 heterocycles. The fourth-order valence-corrected chi connectivity index (χ4v) is 4.30. The highest BCUT2D eigenvalue weighted by Crippen LogP contribution is 2.33. The summed E-state index contributed by atoms with van der Waals surface area (Å²) in [5, 5.41) is 6.70. The van der Waals surface area contributed by atoms with Crippen LogP contribution in [0.1, 0.15) is 37.7 Å². The molecule has 0 radical (unpaired) electrons. The first kappa shape index (κ1) is 23.6. The molecule has 31 heavy (non-hydrogen) atoms. The van der Waals surface area contributed by atoms with Gasteiger partial charge in [0.15, 0.2) is 12.6 Å². The number of hydrogen-bond acceptors (Lipinski definition) is 5. The third kappa shape index (κ3) is 7.24. The summed E-state index contributed by atoms with van der Waals surface area (Å²) in [5.41, 5.74) is 0.866. The maximum absolute atomic E-state index is 12.3. The molecule has 1 saturated heterocycles. The van der Waals surface area contributed by atoms with Crippen molar-refractivity contribution in [3.63, 3.8) is 0 Å². The van der Waals surface area contributed by atoms with Crippen LogP contribution in [0.3, 0.4) is 0 Å². The molecule has 2 N–H and O–H groups in total. The van der Waals surface area contributed by atoms with Crippen LogP contribution < -0.4 is 15.4 Å². The lowest BCUT2D eigenvalue weighted by Gasteiger charge is -2.48. The predicted molar refractivity (Wildman–Crippen MR) is 112 cm³/mol. The molecule has 10 heteroatoms. The second-order valence-electron chi connectivity index (χ2n) is 8.07. The topological polar surface area (TPSA) is 71.0 Å². The third-order valence-corrected chi connectivity index (χ3v) is 5.92. The first-order valence-corrected chi connectivity index (χ1v) is 10.8. The molecule has 2 aliphatic rings. The van der Waals surface area contributed by atoms with Crippen molar-refractivity contribution in [1.29, 1.82) is 0 Å². The van der Waals surface area contributed by atoms with E-state index < -0.39 is 12.8 Å². The highest BCUT2D eigenvalue weighted by molar-refractivity contribution is 5.79. The van der Waals surface area contributed by atoms with E-state index >= 15 is 0 Å². The highest BCUT2D eigenvalue weighted by Gasteiger charge is 2.38. The van der Waals surface area contributed by atoms with E-state index in [1.54, 1.807) is 13.1 Å². The van der Waals surface area contributed by atoms with E-state index in [0.29, 0.717) is 12.5 Å². The van der Waals surface area contributed by atoms with Gasteiger partial charge in [0.05, 0.1) is 13.2 Å². The van der Waals surface area contributed by atoms with Crippen molar-refractivity contribution in [2.45, 2.75) is 50.4 Å². The molecular weight excluding hydrogens is 411 g/mol. The van der Waals surface area contributed by atoms with Crippen molar-refractivity contribution < 1.29 is 22.6 Å². The zero-order chi connectivity index (χ0) is 22.2. The van der Waals surface area contributed by atoms with Crippen molar-refractivity contribution in [3.8, 4) is 5.88 Å². The molecule has 1 aromatic heterocycles. The Kier molecular flexibility index (Phi) is 8.36. The lowest BCUT2D eigenvalue weighted by atomic mass is 9.80. The monoisotopic (exact) mass is 443 g/mol. The number of ether oxygens (including phenoxy) is 2. The Labute approximate surface area is 181 Å². The summed E-state index contributed by atoms with van der Waals surface area (Å²) >= 11 is 0. The van der Waals surface area contributed by atoms with Gasteiger partial charge < -0.3 is 20.1 Å². The van der Waals surface area contributed by atoms with Crippen molar-refractivity contribution in [1.82, 2.24) is 20.5 Å². The van der Waals surface area contributed by atoms with Crippen LogP contribution in [0, 0.1) is 0 Å². The van der Waals surface area contributed by atoms with Gasteiger partial charge in [-0.1, -0.05) is 19.3 Å². The maximum Gasteiger partial charge on any atom is 0.422 e. The summed E-state index contributed by atoms with van der Waals surface area (Å²) in [6, 6.07) is 3.24. The summed E-state index contributed by atoms with van der Waals surface area (Å²) in [4.78, 5) is 10.7. The lowest BCUT2D eigenvalue weighted by molar-refractivity contribution is -0.154. The van der Waals surface area contributed by atoms with Gasteiger partial charge in [-0.3, -0.25) is 9.89 Å². The number of guanidine groups is 1. The second kappa shape index (κ2) is 11.0. The lowest BCUT2D eigenvalue weighted by Crippen LogP contribution is -2.60. The van der Waals surface area contributed by atoms with E-state index in [-0.39, 0.29) is 11.4 Å². The van der Waals surface area contributed by atoms with E-state index in [1.165, 1.54) is 31.5 Å². The molecule has 0 unspecified atom stereocenters. The first-order valence-electron chi connectivity index (χ1n) is 10.8. The number of aromatic nitrogens is 1. The van der Waals surface area contributed by atoms with E-state index in [4.69, 9.17) is 9.47 Å². The Morgan fingerprint density at radius 2 is 1.97 bits per heavy atom. The number of nitrogens with one attached hydrogen (secondary N) is 2. The molecule has 7 nitrogen and oxygen atoms in total. The van der Waals surface area contributed by atoms with Crippen molar-refractivity contribution in [2.24, 2.45) is 4.99 Å². The van der Waals surface area contributed by atoms with E-state index in [0.717, 1.165) is 51.3 Å². The van der Waals surface area contributed by atoms with Crippen LogP contribution in [0.25, 0.3) is 0 Å². The minimum Gasteiger partial charge on any atom is -0.468 e. The Balaban J connectivity index is 1.54. The number of aliphatic imine (C=N–C) groups is 1. The van der Waals surface area contributed by atoms with Crippen LogP contribution in [0.5, 0.6) is 5.88 Å². The van der Waals surface area contributed by atoms with Crippen LogP contribution in [0.2, 0.25) is 0 Å². The molecule has 0 amide bonds. The van der Waals surface area contributed by atoms with Crippen molar-refractivity contribution in [3.05, 3.63) is 23.9 Å². The molecule has 2 fully saturated rings. The molecule has 3 rings (SSSR count). The second-order valence-corrected chi connectivity index (χ2v) is 8.07. The van der Waals surface area contributed by atoms with Gasteiger partial charge in [0, 0.05) is 51.0 Å². The largest absolute Gasteiger partial charge is 0.468 e. The standard InChI is InChI=1S/C21H32F3N5O2/c1-25-19(27-14-17-5-8-26-18(13-17)31-16-21(22,23)24)28-15-20(6-3-2-4-7-20)29-9-11-30-12-10-29/h5,8,13H,2-4,6-7,9-12,14-16H2,1H3,(H2,25,27,28). The number of hydrogen-bond donors (Lipinski definition) is 2. The quantitative estimate of drug-likeness (QED) is 0.499. The van der Waals surface area contributed by atoms with Gasteiger partial charge in [0.25, 0.3) is 0 Å². The number of morpholine rings is 1. The zero-order valence-electron chi connectivity index (χ0n) is 18.0. The van der Waals surface area contributed by atoms with Crippen molar-refractivity contribution >= 4 is 5.96 Å². The van der Waals surface area contributed by atoms with Crippen molar-refractivity contribution in [2.75, 3.05) is 46.5 Å². The van der Waals surface area contributed by atoms with E-state index in [1.807, 2.05) is 0 Å². The summed E-state index contributed by atoms with van der Waals surface area (Å²) < 4.78 is 47.3. The van der Waals surface area contributed by atoms with Gasteiger partial charge in [0.2, 0.25) is 5.88 Å². The predicted octanol–water partition coefficient (Wildman–Crippen LogP) is 2.72. The normalized spacial score (nSPS) is 20.3. The molecule has 0 spiro atoms. The Morgan fingerprint density at radius 3 is 2.65 bits per heavy atom. The molecule has 1 saturated carbocycles. The summed E-state index contributed by atoms with van der Waals surface area (Å²) in [6.07, 6.45) is 3.08. The summed E-state index contributed by atoms with van der Waals surface area (Å²) in [5.74, 6) is 0.612. The number of alkyl halides is 3. The fraction of sp³-hybridized carbons (Fsp3) is 0.714. The van der Waals surface area contributed by atoms with Gasteiger partial charge in [-0.05, 0) is 24.5 Å². The van der Waals surface area contributed by atoms with Crippen LogP contribution in [-0.4, -0.2) is 74.1 Å². The molecule has 1 aliphatic heterocycles. The van der Waals surface area contributed by atoms with Gasteiger partial charge in [0.1, 0.15) is 0 Å². The number of rotatable bonds is 7. The van der Waals surface area contributed by atoms with E-state index in [2.05, 4.69) is 25.5 Å². The summed E-state index contributed by atoms with van der Waals surface area (Å²) in [6.45, 7) is 3.28. The molecular formula is C21H32F3N5O2. The Hall–Kier alpha value is -2.07. The smallest absolute Gasteiger partial charge is 0.422 e. The van der Waals surface area contributed by atoms with Gasteiger partial charge in [-0.15, -0.1) is 0 Å². The average Bonchev–Trinajstić information content (AvgIpc) is 2.79. The molecule has 0 atom stereocenters. The molecule has 0 aromatic carbocycles. The molecule has 174 valence electrons.